The third kappa shape index (κ3) is 4.76. The molecule has 6 heteroatoms. The quantitative estimate of drug-likeness (QED) is 0.697. The van der Waals surface area contributed by atoms with Crippen molar-refractivity contribution >= 4 is 17.5 Å². The van der Waals surface area contributed by atoms with Crippen LogP contribution in [0, 0.1) is 0 Å². The Labute approximate surface area is 157 Å². The fourth-order valence-corrected chi connectivity index (χ4v) is 2.72. The van der Waals surface area contributed by atoms with Crippen LogP contribution in [0.25, 0.3) is 0 Å². The molecule has 2 amide bonds. The van der Waals surface area contributed by atoms with Crippen LogP contribution in [0.2, 0.25) is 0 Å². The molecule has 0 radical (unpaired) electrons. The van der Waals surface area contributed by atoms with Crippen molar-refractivity contribution in [1.29, 1.82) is 0 Å². The maximum Gasteiger partial charge on any atom is 0.254 e. The second kappa shape index (κ2) is 8.23. The third-order valence-corrected chi connectivity index (χ3v) is 4.02. The first kappa shape index (κ1) is 18.3. The van der Waals surface area contributed by atoms with Crippen LogP contribution in [0.4, 0.5) is 5.69 Å². The summed E-state index contributed by atoms with van der Waals surface area (Å²) >= 11 is 0. The molecular weight excluding hydrogens is 344 g/mol. The zero-order valence-electron chi connectivity index (χ0n) is 14.9. The van der Waals surface area contributed by atoms with Gasteiger partial charge in [-0.2, -0.15) is 0 Å². The standard InChI is InChI=1S/C21H20N2O4/c1-15(24)22-18-10-8-16(9-11-18)21(26)23(14-19-6-4-12-27-19)13-17-5-2-3-7-20(17)25/h2-12,25H,13-14H2,1H3,(H,22,24). The van der Waals surface area contributed by atoms with Crippen LogP contribution in [0.5, 0.6) is 5.75 Å². The summed E-state index contributed by atoms with van der Waals surface area (Å²) in [4.78, 5) is 25.8. The Kier molecular flexibility index (Phi) is 5.56. The number of phenols is 1. The van der Waals surface area contributed by atoms with E-state index in [9.17, 15) is 14.7 Å². The first-order valence-electron chi connectivity index (χ1n) is 8.49. The summed E-state index contributed by atoms with van der Waals surface area (Å²) in [7, 11) is 0. The first-order chi connectivity index (χ1) is 13.0. The maximum absolute atomic E-state index is 13.0. The molecule has 0 saturated heterocycles. The number of hydrogen-bond acceptors (Lipinski definition) is 4. The molecule has 6 nitrogen and oxygen atoms in total. The SMILES string of the molecule is CC(=O)Nc1ccc(C(=O)N(Cc2ccco2)Cc2ccccc2O)cc1. The van der Waals surface area contributed by atoms with E-state index >= 15 is 0 Å². The lowest BCUT2D eigenvalue weighted by atomic mass is 10.1. The van der Waals surface area contributed by atoms with E-state index in [1.54, 1.807) is 65.8 Å². The van der Waals surface area contributed by atoms with Crippen LogP contribution in [0.3, 0.4) is 0 Å². The number of aromatic hydroxyl groups is 1. The number of carbonyl (C=O) groups is 2. The molecule has 0 saturated carbocycles. The highest BCUT2D eigenvalue weighted by Gasteiger charge is 2.19. The van der Waals surface area contributed by atoms with Crippen LogP contribution in [0.15, 0.2) is 71.3 Å². The summed E-state index contributed by atoms with van der Waals surface area (Å²) in [5.74, 6) is 0.404. The van der Waals surface area contributed by atoms with Crippen LogP contribution in [-0.4, -0.2) is 21.8 Å². The summed E-state index contributed by atoms with van der Waals surface area (Å²) in [6.07, 6.45) is 1.56. The van der Waals surface area contributed by atoms with Gasteiger partial charge in [-0.05, 0) is 42.5 Å². The Hall–Kier alpha value is -3.54. The van der Waals surface area contributed by atoms with Crippen molar-refractivity contribution in [2.24, 2.45) is 0 Å². The fraction of sp³-hybridized carbons (Fsp3) is 0.143. The van der Waals surface area contributed by atoms with Crippen LogP contribution >= 0.6 is 0 Å². The largest absolute Gasteiger partial charge is 0.508 e. The molecule has 0 fully saturated rings. The van der Waals surface area contributed by atoms with Gasteiger partial charge in [-0.1, -0.05) is 18.2 Å². The molecule has 2 aromatic carbocycles. The van der Waals surface area contributed by atoms with Crippen molar-refractivity contribution < 1.29 is 19.1 Å². The van der Waals surface area contributed by atoms with Gasteiger partial charge in [0.05, 0.1) is 19.4 Å². The van der Waals surface area contributed by atoms with Crippen molar-refractivity contribution in [3.63, 3.8) is 0 Å². The van der Waals surface area contributed by atoms with Crippen LogP contribution in [0.1, 0.15) is 28.6 Å². The molecule has 1 aromatic heterocycles. The van der Waals surface area contributed by atoms with Crippen molar-refractivity contribution in [3.05, 3.63) is 83.8 Å². The van der Waals surface area contributed by atoms with Gasteiger partial charge in [0.2, 0.25) is 5.91 Å². The third-order valence-electron chi connectivity index (χ3n) is 4.02. The molecule has 0 aliphatic carbocycles. The van der Waals surface area contributed by atoms with E-state index < -0.39 is 0 Å². The average molecular weight is 364 g/mol. The molecule has 2 N–H and O–H groups in total. The molecule has 0 aliphatic heterocycles. The highest BCUT2D eigenvalue weighted by Crippen LogP contribution is 2.21. The Balaban J connectivity index is 1.83. The molecule has 3 aromatic rings. The van der Waals surface area contributed by atoms with Gasteiger partial charge < -0.3 is 19.7 Å². The number of para-hydroxylation sites is 1. The number of benzene rings is 2. The van der Waals surface area contributed by atoms with E-state index in [2.05, 4.69) is 5.32 Å². The van der Waals surface area contributed by atoms with E-state index in [4.69, 9.17) is 4.42 Å². The van der Waals surface area contributed by atoms with E-state index in [0.29, 0.717) is 22.6 Å². The van der Waals surface area contributed by atoms with E-state index in [-0.39, 0.29) is 30.7 Å². The number of carbonyl (C=O) groups excluding carboxylic acids is 2. The minimum atomic E-state index is -0.205. The zero-order chi connectivity index (χ0) is 19.2. The molecule has 0 spiro atoms. The summed E-state index contributed by atoms with van der Waals surface area (Å²) in [5, 5.41) is 12.7. The minimum absolute atomic E-state index is 0.135. The predicted octanol–water partition coefficient (Wildman–Crippen LogP) is 3.79. The van der Waals surface area contributed by atoms with Crippen LogP contribution in [-0.2, 0) is 17.9 Å². The van der Waals surface area contributed by atoms with Crippen molar-refractivity contribution in [3.8, 4) is 5.75 Å². The Morgan fingerprint density at radius 3 is 2.37 bits per heavy atom. The van der Waals surface area contributed by atoms with E-state index in [0.717, 1.165) is 0 Å². The molecule has 27 heavy (non-hydrogen) atoms. The molecule has 0 bridgehead atoms. The monoisotopic (exact) mass is 364 g/mol. The minimum Gasteiger partial charge on any atom is -0.508 e. The molecule has 3 rings (SSSR count). The first-order valence-corrected chi connectivity index (χ1v) is 8.49. The van der Waals surface area contributed by atoms with Gasteiger partial charge in [0, 0.05) is 23.7 Å². The fourth-order valence-electron chi connectivity index (χ4n) is 2.72. The smallest absolute Gasteiger partial charge is 0.254 e. The number of hydrogen-bond donors (Lipinski definition) is 2. The lowest BCUT2D eigenvalue weighted by molar-refractivity contribution is -0.114. The van der Waals surface area contributed by atoms with Crippen molar-refractivity contribution in [2.45, 2.75) is 20.0 Å². The summed E-state index contributed by atoms with van der Waals surface area (Å²) < 4.78 is 5.38. The molecule has 1 heterocycles. The van der Waals surface area contributed by atoms with Gasteiger partial charge in [-0.3, -0.25) is 9.59 Å². The zero-order valence-corrected chi connectivity index (χ0v) is 14.9. The number of nitrogens with zero attached hydrogens (tertiary/aromatic N) is 1. The molecule has 0 aliphatic rings. The van der Waals surface area contributed by atoms with Gasteiger partial charge in [0.1, 0.15) is 11.5 Å². The number of furan rings is 1. The van der Waals surface area contributed by atoms with Gasteiger partial charge in [-0.25, -0.2) is 0 Å². The van der Waals surface area contributed by atoms with Crippen LogP contribution < -0.4 is 5.32 Å². The Bertz CT molecular complexity index is 918. The highest BCUT2D eigenvalue weighted by atomic mass is 16.3. The van der Waals surface area contributed by atoms with Crippen molar-refractivity contribution in [2.75, 3.05) is 5.32 Å². The molecule has 0 atom stereocenters. The topological polar surface area (TPSA) is 82.8 Å². The lowest BCUT2D eigenvalue weighted by Crippen LogP contribution is -2.30. The van der Waals surface area contributed by atoms with E-state index in [1.165, 1.54) is 6.92 Å². The molecule has 0 unspecified atom stereocenters. The molecular formula is C21H20N2O4. The summed E-state index contributed by atoms with van der Waals surface area (Å²) in [6.45, 7) is 1.93. The summed E-state index contributed by atoms with van der Waals surface area (Å²) in [5.41, 5.74) is 1.75. The predicted molar refractivity (Wildman–Crippen MR) is 101 cm³/mol. The van der Waals surface area contributed by atoms with E-state index in [1.807, 2.05) is 6.07 Å². The second-order valence-electron chi connectivity index (χ2n) is 6.13. The number of anilines is 1. The van der Waals surface area contributed by atoms with Gasteiger partial charge in [-0.15, -0.1) is 0 Å². The van der Waals surface area contributed by atoms with Gasteiger partial charge >= 0.3 is 0 Å². The number of rotatable bonds is 6. The second-order valence-corrected chi connectivity index (χ2v) is 6.13. The Morgan fingerprint density at radius 1 is 1.00 bits per heavy atom. The maximum atomic E-state index is 13.0. The molecule has 138 valence electrons. The number of nitrogens with one attached hydrogen (secondary N) is 1. The number of phenolic OH excluding ortho intramolecular Hbond substituents is 1. The Morgan fingerprint density at radius 2 is 1.74 bits per heavy atom. The van der Waals surface area contributed by atoms with Gasteiger partial charge in [0.25, 0.3) is 5.91 Å². The van der Waals surface area contributed by atoms with Gasteiger partial charge in [0.15, 0.2) is 0 Å². The number of amides is 2. The van der Waals surface area contributed by atoms with Crippen molar-refractivity contribution in [1.82, 2.24) is 4.90 Å². The lowest BCUT2D eigenvalue weighted by Gasteiger charge is -2.22. The highest BCUT2D eigenvalue weighted by molar-refractivity contribution is 5.95. The normalized spacial score (nSPS) is 10.4. The summed E-state index contributed by atoms with van der Waals surface area (Å²) in [6, 6.07) is 17.2. The average Bonchev–Trinajstić information content (AvgIpc) is 3.16.